The monoisotopic (exact) mass is 425 g/mol. The molecule has 0 spiro atoms. The van der Waals surface area contributed by atoms with Gasteiger partial charge in [-0.1, -0.05) is 26.0 Å². The van der Waals surface area contributed by atoms with Crippen molar-refractivity contribution >= 4 is 17.3 Å². The van der Waals surface area contributed by atoms with E-state index in [9.17, 15) is 4.79 Å². The summed E-state index contributed by atoms with van der Waals surface area (Å²) in [5, 5.41) is 6.65. The minimum atomic E-state index is -0.176. The molecule has 1 saturated heterocycles. The molecule has 0 aliphatic carbocycles. The zero-order chi connectivity index (χ0) is 22.2. The van der Waals surface area contributed by atoms with Crippen LogP contribution in [0.4, 0.5) is 11.4 Å². The fourth-order valence-corrected chi connectivity index (χ4v) is 3.62. The van der Waals surface area contributed by atoms with E-state index in [1.165, 1.54) is 0 Å². The van der Waals surface area contributed by atoms with Gasteiger partial charge in [0.05, 0.1) is 25.1 Å². The molecule has 1 fully saturated rings. The van der Waals surface area contributed by atoms with Crippen molar-refractivity contribution in [3.8, 4) is 11.5 Å². The second-order valence-electron chi connectivity index (χ2n) is 8.62. The molecule has 6 heteroatoms. The number of nitrogens with zero attached hydrogens (tertiary/aromatic N) is 1. The summed E-state index contributed by atoms with van der Waals surface area (Å²) in [5.41, 5.74) is 2.26. The van der Waals surface area contributed by atoms with Crippen LogP contribution in [0.5, 0.6) is 11.5 Å². The lowest BCUT2D eigenvalue weighted by Crippen LogP contribution is -2.36. The number of methoxy groups -OCH3 is 1. The van der Waals surface area contributed by atoms with Crippen molar-refractivity contribution in [1.29, 1.82) is 0 Å². The molecule has 1 heterocycles. The number of anilines is 2. The Labute approximate surface area is 185 Å². The molecule has 2 aromatic carbocycles. The summed E-state index contributed by atoms with van der Waals surface area (Å²) in [5.74, 6) is 1.61. The molecule has 2 aromatic rings. The van der Waals surface area contributed by atoms with E-state index >= 15 is 0 Å². The Hall–Kier alpha value is -2.73. The average Bonchev–Trinajstić information content (AvgIpc) is 2.76. The number of carbonyl (C=O) groups excluding carboxylic acids is 1. The largest absolute Gasteiger partial charge is 0.493 e. The van der Waals surface area contributed by atoms with Crippen LogP contribution in [-0.2, 0) is 0 Å². The number of rotatable bonds is 9. The van der Waals surface area contributed by atoms with Gasteiger partial charge in [0, 0.05) is 11.6 Å². The standard InChI is InChI=1S/C25H35N3O3/c1-18(2)13-16-31-23-10-9-19(17-24(23)30-4)25(29)27-22-8-6-5-7-21(22)26-20-11-14-28(3)15-12-20/h5-10,17-18,20,26H,11-16H2,1-4H3,(H,27,29). The number of ether oxygens (including phenoxy) is 2. The number of nitrogens with one attached hydrogen (secondary N) is 2. The van der Waals surface area contributed by atoms with Crippen LogP contribution >= 0.6 is 0 Å². The van der Waals surface area contributed by atoms with Crippen molar-refractivity contribution in [2.24, 2.45) is 5.92 Å². The molecule has 0 radical (unpaired) electrons. The Balaban J connectivity index is 1.67. The molecule has 0 atom stereocenters. The SMILES string of the molecule is COc1cc(C(=O)Nc2ccccc2NC2CCN(C)CC2)ccc1OCCC(C)C. The van der Waals surface area contributed by atoms with Crippen molar-refractivity contribution < 1.29 is 14.3 Å². The predicted molar refractivity (Wildman–Crippen MR) is 126 cm³/mol. The van der Waals surface area contributed by atoms with E-state index in [0.29, 0.717) is 35.6 Å². The highest BCUT2D eigenvalue weighted by molar-refractivity contribution is 6.06. The second kappa shape index (κ2) is 11.0. The first-order valence-corrected chi connectivity index (χ1v) is 11.1. The highest BCUT2D eigenvalue weighted by atomic mass is 16.5. The van der Waals surface area contributed by atoms with Crippen LogP contribution in [0.25, 0.3) is 0 Å². The lowest BCUT2D eigenvalue weighted by molar-refractivity contribution is 0.102. The molecule has 0 aromatic heterocycles. The number of likely N-dealkylation sites (tertiary alicyclic amines) is 1. The van der Waals surface area contributed by atoms with Crippen LogP contribution in [0.1, 0.15) is 43.5 Å². The van der Waals surface area contributed by atoms with Crippen molar-refractivity contribution in [1.82, 2.24) is 4.90 Å². The van der Waals surface area contributed by atoms with Gasteiger partial charge in [-0.25, -0.2) is 0 Å². The van der Waals surface area contributed by atoms with Crippen molar-refractivity contribution in [3.05, 3.63) is 48.0 Å². The van der Waals surface area contributed by atoms with Gasteiger partial charge in [-0.3, -0.25) is 4.79 Å². The minimum absolute atomic E-state index is 0.176. The number of piperidine rings is 1. The fraction of sp³-hybridized carbons (Fsp3) is 0.480. The Kier molecular flexibility index (Phi) is 8.18. The van der Waals surface area contributed by atoms with E-state index in [-0.39, 0.29) is 5.91 Å². The van der Waals surface area contributed by atoms with Crippen molar-refractivity contribution in [2.45, 2.75) is 39.2 Å². The maximum Gasteiger partial charge on any atom is 0.255 e. The third kappa shape index (κ3) is 6.62. The summed E-state index contributed by atoms with van der Waals surface area (Å²) >= 11 is 0. The Bertz CT molecular complexity index is 861. The molecule has 3 rings (SSSR count). The summed E-state index contributed by atoms with van der Waals surface area (Å²) in [7, 11) is 3.74. The summed E-state index contributed by atoms with van der Waals surface area (Å²) < 4.78 is 11.3. The summed E-state index contributed by atoms with van der Waals surface area (Å²) in [6.07, 6.45) is 3.15. The first kappa shape index (κ1) is 22.9. The maximum atomic E-state index is 12.9. The molecule has 1 aliphatic rings. The van der Waals surface area contributed by atoms with Gasteiger partial charge in [0.15, 0.2) is 11.5 Å². The van der Waals surface area contributed by atoms with Crippen molar-refractivity contribution in [3.63, 3.8) is 0 Å². The molecule has 168 valence electrons. The van der Waals surface area contributed by atoms with Crippen LogP contribution in [0, 0.1) is 5.92 Å². The summed E-state index contributed by atoms with van der Waals surface area (Å²) in [6, 6.07) is 13.6. The number of hydrogen-bond donors (Lipinski definition) is 2. The first-order chi connectivity index (χ1) is 15.0. The van der Waals surface area contributed by atoms with E-state index in [0.717, 1.165) is 43.7 Å². The molecule has 0 bridgehead atoms. The number of para-hydroxylation sites is 2. The summed E-state index contributed by atoms with van der Waals surface area (Å²) in [6.45, 7) is 7.10. The number of hydrogen-bond acceptors (Lipinski definition) is 5. The van der Waals surface area contributed by atoms with Crippen LogP contribution in [0.3, 0.4) is 0 Å². The molecular weight excluding hydrogens is 390 g/mol. The Morgan fingerprint density at radius 2 is 1.81 bits per heavy atom. The molecule has 1 amide bonds. The van der Waals surface area contributed by atoms with Crippen LogP contribution in [-0.4, -0.2) is 50.7 Å². The maximum absolute atomic E-state index is 12.9. The molecular formula is C25H35N3O3. The van der Waals surface area contributed by atoms with Gasteiger partial charge in [-0.15, -0.1) is 0 Å². The van der Waals surface area contributed by atoms with E-state index in [1.54, 1.807) is 25.3 Å². The molecule has 0 unspecified atom stereocenters. The van der Waals surface area contributed by atoms with E-state index in [1.807, 2.05) is 24.3 Å². The molecule has 6 nitrogen and oxygen atoms in total. The van der Waals surface area contributed by atoms with E-state index < -0.39 is 0 Å². The average molecular weight is 426 g/mol. The lowest BCUT2D eigenvalue weighted by atomic mass is 10.0. The van der Waals surface area contributed by atoms with Crippen LogP contribution in [0.2, 0.25) is 0 Å². The Morgan fingerprint density at radius 3 is 2.48 bits per heavy atom. The smallest absolute Gasteiger partial charge is 0.255 e. The molecule has 1 aliphatic heterocycles. The van der Waals surface area contributed by atoms with Gasteiger partial charge < -0.3 is 25.0 Å². The number of amides is 1. The van der Waals surface area contributed by atoms with Gasteiger partial charge in [-0.05, 0) is 75.6 Å². The van der Waals surface area contributed by atoms with Gasteiger partial charge in [0.25, 0.3) is 5.91 Å². The van der Waals surface area contributed by atoms with Gasteiger partial charge >= 0.3 is 0 Å². The van der Waals surface area contributed by atoms with Crippen molar-refractivity contribution in [2.75, 3.05) is 44.5 Å². The number of carbonyl (C=O) groups is 1. The van der Waals surface area contributed by atoms with Gasteiger partial charge in [0.1, 0.15) is 0 Å². The quantitative estimate of drug-likeness (QED) is 0.600. The lowest BCUT2D eigenvalue weighted by Gasteiger charge is -2.30. The Morgan fingerprint density at radius 1 is 1.10 bits per heavy atom. The normalized spacial score (nSPS) is 15.0. The highest BCUT2D eigenvalue weighted by Gasteiger charge is 2.18. The van der Waals surface area contributed by atoms with E-state index in [4.69, 9.17) is 9.47 Å². The molecule has 2 N–H and O–H groups in total. The van der Waals surface area contributed by atoms with Gasteiger partial charge in [-0.2, -0.15) is 0 Å². The number of benzene rings is 2. The first-order valence-electron chi connectivity index (χ1n) is 11.1. The minimum Gasteiger partial charge on any atom is -0.493 e. The van der Waals surface area contributed by atoms with E-state index in [2.05, 4.69) is 36.4 Å². The zero-order valence-corrected chi connectivity index (χ0v) is 19.1. The third-order valence-electron chi connectivity index (χ3n) is 5.63. The second-order valence-corrected chi connectivity index (χ2v) is 8.62. The fourth-order valence-electron chi connectivity index (χ4n) is 3.62. The van der Waals surface area contributed by atoms with Crippen LogP contribution < -0.4 is 20.1 Å². The highest BCUT2D eigenvalue weighted by Crippen LogP contribution is 2.30. The third-order valence-corrected chi connectivity index (χ3v) is 5.63. The topological polar surface area (TPSA) is 62.8 Å². The summed E-state index contributed by atoms with van der Waals surface area (Å²) in [4.78, 5) is 15.3. The van der Waals surface area contributed by atoms with Gasteiger partial charge in [0.2, 0.25) is 0 Å². The molecule has 31 heavy (non-hydrogen) atoms. The zero-order valence-electron chi connectivity index (χ0n) is 19.1. The molecule has 0 saturated carbocycles. The predicted octanol–water partition coefficient (Wildman–Crippen LogP) is 4.88. The van der Waals surface area contributed by atoms with Crippen LogP contribution in [0.15, 0.2) is 42.5 Å².